The molecule has 0 unspecified atom stereocenters. The predicted molar refractivity (Wildman–Crippen MR) is 52.9 cm³/mol. The highest BCUT2D eigenvalue weighted by Gasteiger charge is 2.35. The van der Waals surface area contributed by atoms with Crippen molar-refractivity contribution in [1.82, 2.24) is 0 Å². The van der Waals surface area contributed by atoms with Crippen LogP contribution in [-0.2, 0) is 0 Å². The Labute approximate surface area is 107 Å². The van der Waals surface area contributed by atoms with Gasteiger partial charge in [0.2, 0.25) is 0 Å². The van der Waals surface area contributed by atoms with Crippen molar-refractivity contribution in [3.05, 3.63) is 64.3 Å². The van der Waals surface area contributed by atoms with E-state index in [9.17, 15) is 30.7 Å². The predicted octanol–water partition coefficient (Wildman–Crippen LogP) is 4.04. The van der Waals surface area contributed by atoms with E-state index in [1.165, 1.54) is 0 Å². The van der Waals surface area contributed by atoms with Crippen LogP contribution >= 0.6 is 0 Å². The van der Waals surface area contributed by atoms with Crippen LogP contribution in [0.3, 0.4) is 0 Å². The van der Waals surface area contributed by atoms with Gasteiger partial charge >= 0.3 is 0 Å². The van der Waals surface area contributed by atoms with E-state index in [-0.39, 0.29) is 0 Å². The highest BCUT2D eigenvalue weighted by atomic mass is 19.2. The van der Waals surface area contributed by atoms with E-state index in [4.69, 9.17) is 0 Å². The first-order chi connectivity index (χ1) is 9.34. The van der Waals surface area contributed by atoms with Gasteiger partial charge in [0, 0.05) is 29.2 Å². The van der Waals surface area contributed by atoms with Crippen molar-refractivity contribution in [2.45, 2.75) is 0 Å². The van der Waals surface area contributed by atoms with Crippen molar-refractivity contribution in [2.24, 2.45) is 0 Å². The van der Waals surface area contributed by atoms with Gasteiger partial charge in [0.15, 0.2) is 40.7 Å². The lowest BCUT2D eigenvalue weighted by atomic mass is 10.0. The zero-order valence-corrected chi connectivity index (χ0v) is 9.22. The van der Waals surface area contributed by atoms with E-state index in [1.54, 1.807) is 6.07 Å². The molecule has 0 amide bonds. The van der Waals surface area contributed by atoms with Gasteiger partial charge in [-0.15, -0.1) is 0 Å². The molecule has 0 aliphatic heterocycles. The lowest BCUT2D eigenvalue weighted by Crippen LogP contribution is -2.02. The second-order valence-corrected chi connectivity index (χ2v) is 4.04. The van der Waals surface area contributed by atoms with Gasteiger partial charge in [0.25, 0.3) is 0 Å². The summed E-state index contributed by atoms with van der Waals surface area (Å²) < 4.78 is 93.1. The third-order valence-corrected chi connectivity index (χ3v) is 2.96. The fraction of sp³-hybridized carbons (Fsp3) is 0. The van der Waals surface area contributed by atoms with Gasteiger partial charge in [-0.25, -0.2) is 30.7 Å². The molecule has 0 saturated heterocycles. The number of hydrogen-bond donors (Lipinski definition) is 0. The molecule has 0 atom stereocenters. The maximum atomic E-state index is 13.6. The Hall–Kier alpha value is -2.05. The third kappa shape index (κ3) is 1.43. The molecule has 0 saturated carbocycles. The van der Waals surface area contributed by atoms with Gasteiger partial charge in [-0.2, -0.15) is 0 Å². The van der Waals surface area contributed by atoms with Gasteiger partial charge in [0.05, 0.1) is 0 Å². The Morgan fingerprint density at radius 1 is 0.600 bits per heavy atom. The first kappa shape index (κ1) is 13.0. The summed E-state index contributed by atoms with van der Waals surface area (Å²) >= 11 is 0. The zero-order valence-electron chi connectivity index (χ0n) is 9.22. The summed E-state index contributed by atoms with van der Waals surface area (Å²) in [4.78, 5) is 0. The average Bonchev–Trinajstić information content (AvgIpc) is 2.79. The van der Waals surface area contributed by atoms with Crippen LogP contribution in [0.15, 0.2) is 0 Å². The molecule has 0 bridgehead atoms. The molecule has 3 rings (SSSR count). The molecule has 0 aromatic heterocycles. The van der Waals surface area contributed by atoms with Crippen molar-refractivity contribution >= 4 is 0 Å². The van der Waals surface area contributed by atoms with Gasteiger partial charge in [-0.1, -0.05) is 0 Å². The smallest absolute Gasteiger partial charge is 0.198 e. The molecule has 0 spiro atoms. The van der Waals surface area contributed by atoms with Gasteiger partial charge < -0.3 is 0 Å². The maximum Gasteiger partial charge on any atom is 0.198 e. The third-order valence-electron chi connectivity index (χ3n) is 2.96. The number of rotatable bonds is 0. The summed E-state index contributed by atoms with van der Waals surface area (Å²) in [5.74, 6) is -13.4. The second-order valence-electron chi connectivity index (χ2n) is 4.04. The maximum absolute atomic E-state index is 13.6. The van der Waals surface area contributed by atoms with E-state index in [0.29, 0.717) is 6.42 Å². The lowest BCUT2D eigenvalue weighted by molar-refractivity contribution is 0.408. The molecule has 102 valence electrons. The average molecular weight is 290 g/mol. The second kappa shape index (κ2) is 3.97. The molecule has 20 heavy (non-hydrogen) atoms. The van der Waals surface area contributed by atoms with E-state index in [0.717, 1.165) is 0 Å². The molecule has 0 N–H and O–H groups in total. The van der Waals surface area contributed by atoms with Crippen LogP contribution in [0.2, 0.25) is 0 Å². The lowest BCUT2D eigenvalue weighted by Gasteiger charge is -2.07. The number of halogens is 7. The number of hydrogen-bond acceptors (Lipinski definition) is 0. The molecule has 7 heteroatoms. The zero-order chi connectivity index (χ0) is 14.8. The Morgan fingerprint density at radius 2 is 1.15 bits per heavy atom. The standard InChI is InChI=1S/C13HF7/c14-5-2-3-1-4-7(6(3)10(17)9(5)16)11(18)13(20)12(19)8(4)15/h1H. The van der Waals surface area contributed by atoms with Crippen LogP contribution < -0.4 is 0 Å². The Kier molecular flexibility index (Phi) is 2.57. The van der Waals surface area contributed by atoms with Gasteiger partial charge in [-0.3, -0.25) is 0 Å². The summed E-state index contributed by atoms with van der Waals surface area (Å²) in [6, 6.07) is 1.72. The molecule has 0 heterocycles. The van der Waals surface area contributed by atoms with Crippen LogP contribution in [0.25, 0.3) is 11.1 Å². The fourth-order valence-electron chi connectivity index (χ4n) is 2.09. The number of benzene rings is 2. The molecule has 0 nitrogen and oxygen atoms in total. The van der Waals surface area contributed by atoms with Crippen molar-refractivity contribution in [3.8, 4) is 11.1 Å². The largest absolute Gasteiger partial charge is 0.203 e. The van der Waals surface area contributed by atoms with Crippen LogP contribution in [0.1, 0.15) is 11.1 Å². The highest BCUT2D eigenvalue weighted by molar-refractivity contribution is 5.82. The van der Waals surface area contributed by atoms with Crippen molar-refractivity contribution in [2.75, 3.05) is 0 Å². The van der Waals surface area contributed by atoms with Crippen LogP contribution in [0, 0.1) is 53.2 Å². The summed E-state index contributed by atoms with van der Waals surface area (Å²) in [6.07, 6.45) is 0.664. The monoisotopic (exact) mass is 290 g/mol. The van der Waals surface area contributed by atoms with Gasteiger partial charge in [0.1, 0.15) is 0 Å². The Balaban J connectivity index is 2.45. The molecular formula is C13HF7. The molecule has 2 radical (unpaired) electrons. The highest BCUT2D eigenvalue weighted by Crippen LogP contribution is 2.44. The van der Waals surface area contributed by atoms with Crippen LogP contribution in [0.5, 0.6) is 0 Å². The Morgan fingerprint density at radius 3 is 1.80 bits per heavy atom. The van der Waals surface area contributed by atoms with Crippen LogP contribution in [0.4, 0.5) is 30.7 Å². The van der Waals surface area contributed by atoms with E-state index < -0.39 is 63.0 Å². The minimum Gasteiger partial charge on any atom is -0.203 e. The Bertz CT molecular complexity index is 765. The molecule has 0 fully saturated rings. The van der Waals surface area contributed by atoms with E-state index in [1.807, 2.05) is 0 Å². The van der Waals surface area contributed by atoms with Crippen LogP contribution in [-0.4, -0.2) is 0 Å². The molecular weight excluding hydrogens is 289 g/mol. The normalized spacial score (nSPS) is 12.6. The topological polar surface area (TPSA) is 0 Å². The minimum absolute atomic E-state index is 0.529. The fourth-order valence-corrected chi connectivity index (χ4v) is 2.09. The summed E-state index contributed by atoms with van der Waals surface area (Å²) in [6.45, 7) is 0. The molecule has 2 aromatic carbocycles. The quantitative estimate of drug-likeness (QED) is 0.333. The molecule has 1 aliphatic carbocycles. The first-order valence-electron chi connectivity index (χ1n) is 5.15. The first-order valence-corrected chi connectivity index (χ1v) is 5.15. The van der Waals surface area contributed by atoms with E-state index in [2.05, 4.69) is 0 Å². The van der Waals surface area contributed by atoms with Crippen molar-refractivity contribution in [3.63, 3.8) is 0 Å². The minimum atomic E-state index is -2.16. The van der Waals surface area contributed by atoms with Crippen molar-refractivity contribution in [1.29, 1.82) is 0 Å². The number of fused-ring (bicyclic) bond motifs is 3. The van der Waals surface area contributed by atoms with Gasteiger partial charge in [-0.05, 0) is 5.56 Å². The summed E-state index contributed by atoms with van der Waals surface area (Å²) in [5.41, 5.74) is -3.24. The summed E-state index contributed by atoms with van der Waals surface area (Å²) in [7, 11) is 0. The molecule has 2 aromatic rings. The molecule has 1 aliphatic rings. The SMILES string of the molecule is Fc1[c]c2c(c(F)c1F)-c1c(F)c(F)c(F)c(F)c1[CH]2. The van der Waals surface area contributed by atoms with E-state index >= 15 is 0 Å². The summed E-state index contributed by atoms with van der Waals surface area (Å²) in [5, 5.41) is 0. The van der Waals surface area contributed by atoms with Crippen molar-refractivity contribution < 1.29 is 30.7 Å².